The normalized spacial score (nSPS) is 50.2. The summed E-state index contributed by atoms with van der Waals surface area (Å²) in [6, 6.07) is 0. The Labute approximate surface area is 233 Å². The molecule has 5 aliphatic rings. The van der Waals surface area contributed by atoms with Gasteiger partial charge in [0.2, 0.25) is 0 Å². The number of esters is 1. The molecule has 6 unspecified atom stereocenters. The quantitative estimate of drug-likeness (QED) is 0.242. The first-order chi connectivity index (χ1) is 19.2. The zero-order valence-electron chi connectivity index (χ0n) is 23.0. The molecule has 5 N–H and O–H groups in total. The fraction of sp³-hybridized carbons (Fsp3) is 0.963. The predicted molar refractivity (Wildman–Crippen MR) is 134 cm³/mol. The number of rotatable bonds is 6. The highest BCUT2D eigenvalue weighted by Crippen LogP contribution is 2.38. The van der Waals surface area contributed by atoms with Crippen LogP contribution in [-0.2, 0) is 38.0 Å². The van der Waals surface area contributed by atoms with Gasteiger partial charge in [0, 0.05) is 12.5 Å². The van der Waals surface area contributed by atoms with Crippen molar-refractivity contribution in [1.82, 2.24) is 0 Å². The monoisotopic (exact) mass is 576 g/mol. The van der Waals surface area contributed by atoms with Gasteiger partial charge < -0.3 is 58.7 Å². The molecule has 40 heavy (non-hydrogen) atoms. The van der Waals surface area contributed by atoms with E-state index in [0.717, 1.165) is 19.3 Å². The first kappa shape index (κ1) is 30.5. The van der Waals surface area contributed by atoms with Crippen LogP contribution in [0.1, 0.15) is 52.4 Å². The standard InChI is InChI=1S/C27H44O13/c1-3-13-6-4-8-15(21(13)40-26-20(32)19(31)17(29)12(2)36-26)37-27-24-23(18(30)16(10-28)38-27)39-22-14(7-5-9-34-24)11-35-25(22)33/h12-24,26-32H,3-11H2,1-2H3/t12?,13-,14+,15-,16?,17-,18+,19?,20+,21?,22-,23?,24?,26+,27-/m1/s1. The Morgan fingerprint density at radius 1 is 0.875 bits per heavy atom. The van der Waals surface area contributed by atoms with Crippen molar-refractivity contribution in [2.75, 3.05) is 19.8 Å². The van der Waals surface area contributed by atoms with Crippen molar-refractivity contribution in [2.45, 2.75) is 132 Å². The lowest BCUT2D eigenvalue weighted by Gasteiger charge is -2.48. The third-order valence-electron chi connectivity index (χ3n) is 9.06. The van der Waals surface area contributed by atoms with Gasteiger partial charge in [-0.05, 0) is 38.5 Å². The molecule has 230 valence electrons. The Morgan fingerprint density at radius 2 is 1.68 bits per heavy atom. The van der Waals surface area contributed by atoms with E-state index in [1.165, 1.54) is 0 Å². The van der Waals surface area contributed by atoms with Crippen LogP contribution in [0.5, 0.6) is 0 Å². The minimum absolute atomic E-state index is 0.0409. The highest BCUT2D eigenvalue weighted by Gasteiger charge is 2.53. The van der Waals surface area contributed by atoms with Crippen LogP contribution in [0.2, 0.25) is 0 Å². The second-order valence-corrected chi connectivity index (χ2v) is 11.7. The minimum Gasteiger partial charge on any atom is -0.463 e. The Hall–Kier alpha value is -0.970. The van der Waals surface area contributed by atoms with Crippen molar-refractivity contribution in [3.05, 3.63) is 0 Å². The van der Waals surface area contributed by atoms with Crippen LogP contribution in [0.4, 0.5) is 0 Å². The molecule has 0 aromatic carbocycles. The molecular weight excluding hydrogens is 532 g/mol. The maximum Gasteiger partial charge on any atom is 0.335 e. The fourth-order valence-electron chi connectivity index (χ4n) is 6.62. The van der Waals surface area contributed by atoms with Crippen molar-refractivity contribution in [2.24, 2.45) is 11.8 Å². The van der Waals surface area contributed by atoms with Gasteiger partial charge in [0.05, 0.1) is 31.5 Å². The number of carbonyl (C=O) groups is 1. The lowest BCUT2D eigenvalue weighted by molar-refractivity contribution is -0.352. The average molecular weight is 577 g/mol. The van der Waals surface area contributed by atoms with E-state index in [4.69, 9.17) is 33.2 Å². The summed E-state index contributed by atoms with van der Waals surface area (Å²) in [5, 5.41) is 52.0. The summed E-state index contributed by atoms with van der Waals surface area (Å²) in [5.74, 6) is -0.600. The van der Waals surface area contributed by atoms with Gasteiger partial charge in [0.25, 0.3) is 0 Å². The number of fused-ring (bicyclic) bond motifs is 2. The molecule has 0 spiro atoms. The van der Waals surface area contributed by atoms with E-state index >= 15 is 0 Å². The average Bonchev–Trinajstić information content (AvgIpc) is 3.33. The molecule has 0 amide bonds. The zero-order chi connectivity index (χ0) is 28.6. The van der Waals surface area contributed by atoms with Crippen LogP contribution < -0.4 is 0 Å². The molecule has 0 radical (unpaired) electrons. The van der Waals surface area contributed by atoms with Crippen molar-refractivity contribution in [3.63, 3.8) is 0 Å². The maximum absolute atomic E-state index is 12.4. The van der Waals surface area contributed by atoms with Gasteiger partial charge >= 0.3 is 5.97 Å². The molecule has 0 aromatic heterocycles. The Balaban J connectivity index is 1.37. The van der Waals surface area contributed by atoms with Gasteiger partial charge in [-0.15, -0.1) is 0 Å². The molecule has 4 aliphatic heterocycles. The van der Waals surface area contributed by atoms with Crippen molar-refractivity contribution in [3.8, 4) is 0 Å². The van der Waals surface area contributed by atoms with Gasteiger partial charge in [0.1, 0.15) is 42.7 Å². The number of ether oxygens (including phenoxy) is 7. The first-order valence-electron chi connectivity index (χ1n) is 14.6. The van der Waals surface area contributed by atoms with Gasteiger partial charge in [-0.2, -0.15) is 0 Å². The summed E-state index contributed by atoms with van der Waals surface area (Å²) in [6.45, 7) is 3.69. The minimum atomic E-state index is -1.46. The topological polar surface area (TPSA) is 183 Å². The van der Waals surface area contributed by atoms with Gasteiger partial charge in [-0.25, -0.2) is 4.79 Å². The molecule has 5 rings (SSSR count). The molecule has 13 nitrogen and oxygen atoms in total. The maximum atomic E-state index is 12.4. The molecular formula is C27H44O13. The van der Waals surface area contributed by atoms with E-state index < -0.39 is 92.3 Å². The van der Waals surface area contributed by atoms with Crippen molar-refractivity contribution < 1.29 is 63.5 Å². The van der Waals surface area contributed by atoms with Crippen LogP contribution in [-0.4, -0.2) is 131 Å². The summed E-state index contributed by atoms with van der Waals surface area (Å²) >= 11 is 0. The van der Waals surface area contributed by atoms with E-state index in [0.29, 0.717) is 25.9 Å². The first-order valence-corrected chi connectivity index (χ1v) is 14.6. The van der Waals surface area contributed by atoms with Crippen LogP contribution in [0.25, 0.3) is 0 Å². The van der Waals surface area contributed by atoms with E-state index in [1.54, 1.807) is 6.92 Å². The molecule has 4 heterocycles. The van der Waals surface area contributed by atoms with Crippen LogP contribution in [0, 0.1) is 11.8 Å². The molecule has 1 aliphatic carbocycles. The Morgan fingerprint density at radius 3 is 2.42 bits per heavy atom. The lowest BCUT2D eigenvalue weighted by Crippen LogP contribution is -2.63. The van der Waals surface area contributed by atoms with Crippen LogP contribution in [0.3, 0.4) is 0 Å². The number of aliphatic hydroxyl groups excluding tert-OH is 5. The molecule has 0 aromatic rings. The third-order valence-corrected chi connectivity index (χ3v) is 9.06. The number of cyclic esters (lactones) is 1. The van der Waals surface area contributed by atoms with Crippen molar-refractivity contribution in [1.29, 1.82) is 0 Å². The summed E-state index contributed by atoms with van der Waals surface area (Å²) in [5.41, 5.74) is 0. The van der Waals surface area contributed by atoms with Crippen LogP contribution in [0.15, 0.2) is 0 Å². The van der Waals surface area contributed by atoms with Crippen molar-refractivity contribution >= 4 is 5.97 Å². The highest BCUT2D eigenvalue weighted by atomic mass is 16.7. The number of hydrogen-bond acceptors (Lipinski definition) is 13. The molecule has 13 heteroatoms. The Bertz CT molecular complexity index is 845. The van der Waals surface area contributed by atoms with E-state index in [-0.39, 0.29) is 18.4 Å². The number of hydrogen-bond donors (Lipinski definition) is 5. The summed E-state index contributed by atoms with van der Waals surface area (Å²) in [6.07, 6.45) is -8.98. The second kappa shape index (κ2) is 13.1. The predicted octanol–water partition coefficient (Wildman–Crippen LogP) is -1.02. The van der Waals surface area contributed by atoms with Gasteiger partial charge in [0.15, 0.2) is 18.7 Å². The Kier molecular flexibility index (Phi) is 10.0. The fourth-order valence-corrected chi connectivity index (χ4v) is 6.62. The largest absolute Gasteiger partial charge is 0.463 e. The summed E-state index contributed by atoms with van der Waals surface area (Å²) in [7, 11) is 0. The smallest absolute Gasteiger partial charge is 0.335 e. The van der Waals surface area contributed by atoms with E-state index in [1.807, 2.05) is 6.92 Å². The molecule has 5 fully saturated rings. The molecule has 0 bridgehead atoms. The molecule has 15 atom stereocenters. The number of aliphatic hydroxyl groups is 5. The zero-order valence-corrected chi connectivity index (χ0v) is 23.0. The van der Waals surface area contributed by atoms with Gasteiger partial charge in [-0.3, -0.25) is 0 Å². The second-order valence-electron chi connectivity index (χ2n) is 11.7. The SMILES string of the molecule is CC[C@@H]1CCC[C@@H](O[C@@H]2OC(CO)[C@H](O)C3O[C@H]4C(=O)OC[C@@H]4CCCOC32)C1O[C@@H]1OC(C)[C@@H](O)C(O)[C@@H]1O. The number of carbonyl (C=O) groups excluding carboxylic acids is 1. The van der Waals surface area contributed by atoms with Crippen LogP contribution >= 0.6 is 0 Å². The van der Waals surface area contributed by atoms with E-state index in [9.17, 15) is 30.3 Å². The molecule has 1 saturated carbocycles. The van der Waals surface area contributed by atoms with E-state index in [2.05, 4.69) is 0 Å². The summed E-state index contributed by atoms with van der Waals surface area (Å²) in [4.78, 5) is 12.4. The lowest BCUT2D eigenvalue weighted by atomic mass is 9.82. The summed E-state index contributed by atoms with van der Waals surface area (Å²) < 4.78 is 42.1. The molecule has 4 saturated heterocycles. The van der Waals surface area contributed by atoms with Gasteiger partial charge in [-0.1, -0.05) is 19.8 Å². The third kappa shape index (κ3) is 6.06. The highest BCUT2D eigenvalue weighted by molar-refractivity contribution is 5.77.